The summed E-state index contributed by atoms with van der Waals surface area (Å²) in [6, 6.07) is 5.71. The maximum absolute atomic E-state index is 12.8. The molecule has 1 amide bonds. The molecule has 2 aliphatic rings. The summed E-state index contributed by atoms with van der Waals surface area (Å²) in [6.07, 6.45) is 6.70. The van der Waals surface area contributed by atoms with E-state index in [0.717, 1.165) is 37.1 Å². The zero-order chi connectivity index (χ0) is 27.9. The van der Waals surface area contributed by atoms with Gasteiger partial charge in [-0.15, -0.1) is 0 Å². The second-order valence-electron chi connectivity index (χ2n) is 10.3. The number of piperidine rings is 1. The largest absolute Gasteiger partial charge is 0.469 e. The Bertz CT molecular complexity index is 1290. The van der Waals surface area contributed by atoms with Crippen molar-refractivity contribution in [3.63, 3.8) is 0 Å². The third kappa shape index (κ3) is 7.39. The smallest absolute Gasteiger partial charge is 0.219 e. The Labute approximate surface area is 232 Å². The number of nitrogens with zero attached hydrogens (tertiary/aromatic N) is 6. The van der Waals surface area contributed by atoms with E-state index < -0.39 is 6.10 Å². The Morgan fingerprint density at radius 3 is 2.85 bits per heavy atom. The number of aliphatic hydroxyl groups excluding tert-OH is 1. The van der Waals surface area contributed by atoms with E-state index in [2.05, 4.69) is 30.2 Å². The molecule has 0 aliphatic carbocycles. The van der Waals surface area contributed by atoms with Crippen LogP contribution in [0.1, 0.15) is 60.1 Å². The van der Waals surface area contributed by atoms with Crippen molar-refractivity contribution in [2.24, 2.45) is 0 Å². The number of fused-ring (bicyclic) bond motifs is 1. The van der Waals surface area contributed by atoms with Crippen LogP contribution in [0.2, 0.25) is 0 Å². The van der Waals surface area contributed by atoms with Gasteiger partial charge in [0.1, 0.15) is 24.4 Å². The van der Waals surface area contributed by atoms with E-state index in [1.54, 1.807) is 19.2 Å². The van der Waals surface area contributed by atoms with Crippen LogP contribution in [0, 0.1) is 0 Å². The summed E-state index contributed by atoms with van der Waals surface area (Å²) < 4.78 is 10.9. The predicted octanol–water partition coefficient (Wildman–Crippen LogP) is 2.24. The molecule has 0 unspecified atom stereocenters. The Kier molecular flexibility index (Phi) is 8.97. The molecule has 12 nitrogen and oxygen atoms in total. The van der Waals surface area contributed by atoms with Crippen LogP contribution in [-0.4, -0.2) is 84.9 Å². The van der Waals surface area contributed by atoms with Crippen molar-refractivity contribution in [3.05, 3.63) is 59.8 Å². The van der Waals surface area contributed by atoms with E-state index in [1.165, 1.54) is 12.7 Å². The van der Waals surface area contributed by atoms with E-state index >= 15 is 0 Å². The number of β-amino-alcohol motifs (C(OH)–C–C–N with tert-alkyl or cyclic N) is 1. The Balaban J connectivity index is 1.05. The van der Waals surface area contributed by atoms with Gasteiger partial charge in [-0.1, -0.05) is 6.07 Å². The fourth-order valence-electron chi connectivity index (χ4n) is 5.10. The van der Waals surface area contributed by atoms with Crippen LogP contribution < -0.4 is 10.1 Å². The molecule has 3 aromatic rings. The third-order valence-electron chi connectivity index (χ3n) is 7.37. The number of oxazole rings is 1. The molecule has 12 heteroatoms. The highest BCUT2D eigenvalue weighted by Gasteiger charge is 2.23. The number of hydrogen-bond acceptors (Lipinski definition) is 11. The van der Waals surface area contributed by atoms with Gasteiger partial charge in [0, 0.05) is 70.7 Å². The van der Waals surface area contributed by atoms with E-state index in [4.69, 9.17) is 9.15 Å². The maximum atomic E-state index is 12.8. The van der Waals surface area contributed by atoms with E-state index in [-0.39, 0.29) is 30.8 Å². The lowest BCUT2D eigenvalue weighted by molar-refractivity contribution is -0.129. The summed E-state index contributed by atoms with van der Waals surface area (Å²) >= 11 is 0. The molecule has 5 rings (SSSR count). The summed E-state index contributed by atoms with van der Waals surface area (Å²) in [5, 5.41) is 14.0. The normalized spacial score (nSPS) is 16.8. The Morgan fingerprint density at radius 1 is 1.23 bits per heavy atom. The first kappa shape index (κ1) is 27.7. The zero-order valence-corrected chi connectivity index (χ0v) is 22.7. The van der Waals surface area contributed by atoms with Gasteiger partial charge in [-0.05, 0) is 24.8 Å². The van der Waals surface area contributed by atoms with Gasteiger partial charge in [0.05, 0.1) is 18.0 Å². The molecule has 1 atom stereocenters. The van der Waals surface area contributed by atoms with Gasteiger partial charge in [0.2, 0.25) is 11.8 Å². The van der Waals surface area contributed by atoms with Crippen LogP contribution in [0.4, 0.5) is 5.82 Å². The second kappa shape index (κ2) is 13.0. The fraction of sp³-hybridized carbons (Fsp3) is 0.500. The lowest BCUT2D eigenvalue weighted by atomic mass is 10.0. The number of aliphatic hydroxyl groups is 1. The van der Waals surface area contributed by atoms with Crippen molar-refractivity contribution in [3.8, 4) is 5.88 Å². The van der Waals surface area contributed by atoms with Gasteiger partial charge in [-0.3, -0.25) is 14.5 Å². The number of nitrogens with one attached hydrogen (secondary N) is 1. The first-order chi connectivity index (χ1) is 19.4. The van der Waals surface area contributed by atoms with Gasteiger partial charge in [0.15, 0.2) is 17.9 Å². The van der Waals surface area contributed by atoms with Crippen molar-refractivity contribution < 1.29 is 23.8 Å². The van der Waals surface area contributed by atoms with Crippen LogP contribution in [0.25, 0.3) is 0 Å². The monoisotopic (exact) mass is 549 g/mol. The molecule has 0 radical (unpaired) electrons. The van der Waals surface area contributed by atoms with Crippen molar-refractivity contribution in [2.45, 2.75) is 64.3 Å². The Hall–Kier alpha value is -3.90. The molecule has 0 aromatic carbocycles. The van der Waals surface area contributed by atoms with Gasteiger partial charge < -0.3 is 24.5 Å². The summed E-state index contributed by atoms with van der Waals surface area (Å²) in [5.74, 6) is 1.76. The molecule has 212 valence electrons. The highest BCUT2D eigenvalue weighted by molar-refractivity contribution is 5.94. The molecule has 2 N–H and O–H groups in total. The molecule has 1 saturated heterocycles. The van der Waals surface area contributed by atoms with Crippen molar-refractivity contribution in [2.75, 3.05) is 31.5 Å². The van der Waals surface area contributed by atoms with E-state index in [1.807, 2.05) is 17.0 Å². The molecule has 0 saturated carbocycles. The SMILES string of the molecule is CC(=O)N1CCC(Nc2cc(C(=O)CC[C@H](O)CN3CCc4nc(OCc5cnco5)ccc4C3)ncn2)CC1. The topological polar surface area (TPSA) is 147 Å². The van der Waals surface area contributed by atoms with E-state index in [0.29, 0.717) is 55.8 Å². The minimum atomic E-state index is -0.631. The molecule has 40 heavy (non-hydrogen) atoms. The number of carbonyl (C=O) groups excluding carboxylic acids is 2. The summed E-state index contributed by atoms with van der Waals surface area (Å²) in [4.78, 5) is 45.3. The fourth-order valence-corrected chi connectivity index (χ4v) is 5.10. The highest BCUT2D eigenvalue weighted by atomic mass is 16.5. The molecular weight excluding hydrogens is 514 g/mol. The highest BCUT2D eigenvalue weighted by Crippen LogP contribution is 2.22. The van der Waals surface area contributed by atoms with Crippen molar-refractivity contribution in [1.82, 2.24) is 29.7 Å². The van der Waals surface area contributed by atoms with Crippen LogP contribution in [0.5, 0.6) is 5.88 Å². The molecule has 1 fully saturated rings. The van der Waals surface area contributed by atoms with Crippen LogP contribution >= 0.6 is 0 Å². The number of Topliss-reactive ketones (excluding diaryl/α,β-unsaturated/α-hetero) is 1. The number of ketones is 1. The average molecular weight is 550 g/mol. The summed E-state index contributed by atoms with van der Waals surface area (Å²) in [7, 11) is 0. The standard InChI is InChI=1S/C28H35N7O5/c1-19(36)35-10-6-21(7-11-35)32-27-12-25(30-17-31-27)26(38)4-3-22(37)15-34-9-8-24-20(14-34)2-5-28(33-24)39-16-23-13-29-18-40-23/h2,5,12-13,17-18,21-22,37H,3-4,6-11,14-16H2,1H3,(H,30,31,32)/t22-/m0/s1. The minimum absolute atomic E-state index is 0.0949. The van der Waals surface area contributed by atoms with E-state index in [9.17, 15) is 14.7 Å². The summed E-state index contributed by atoms with van der Waals surface area (Å²) in [6.45, 7) is 5.21. The number of anilines is 1. The van der Waals surface area contributed by atoms with Gasteiger partial charge in [-0.2, -0.15) is 0 Å². The van der Waals surface area contributed by atoms with Crippen molar-refractivity contribution >= 4 is 17.5 Å². The molecular formula is C28H35N7O5. The number of pyridine rings is 1. The lowest BCUT2D eigenvalue weighted by Crippen LogP contribution is -2.41. The van der Waals surface area contributed by atoms with Gasteiger partial charge in [0.25, 0.3) is 0 Å². The molecule has 3 aromatic heterocycles. The predicted molar refractivity (Wildman–Crippen MR) is 145 cm³/mol. The van der Waals surface area contributed by atoms with Crippen LogP contribution in [-0.2, 0) is 24.4 Å². The molecule has 2 aliphatic heterocycles. The van der Waals surface area contributed by atoms with Gasteiger partial charge >= 0.3 is 0 Å². The molecule has 0 spiro atoms. The molecule has 0 bridgehead atoms. The van der Waals surface area contributed by atoms with Crippen LogP contribution in [0.15, 0.2) is 41.5 Å². The van der Waals surface area contributed by atoms with Gasteiger partial charge in [-0.25, -0.2) is 19.9 Å². The number of carbonyl (C=O) groups is 2. The number of likely N-dealkylation sites (tertiary alicyclic amines) is 1. The van der Waals surface area contributed by atoms with Crippen molar-refractivity contribution in [1.29, 1.82) is 0 Å². The quantitative estimate of drug-likeness (QED) is 0.339. The molecule has 5 heterocycles. The number of rotatable bonds is 11. The lowest BCUT2D eigenvalue weighted by Gasteiger charge is -2.31. The van der Waals surface area contributed by atoms with Crippen LogP contribution in [0.3, 0.4) is 0 Å². The Morgan fingerprint density at radius 2 is 2.08 bits per heavy atom. The number of ether oxygens (including phenoxy) is 1. The zero-order valence-electron chi connectivity index (χ0n) is 22.7. The minimum Gasteiger partial charge on any atom is -0.469 e. The first-order valence-electron chi connectivity index (χ1n) is 13.7. The number of aromatic nitrogens is 4. The average Bonchev–Trinajstić information content (AvgIpc) is 3.49. The summed E-state index contributed by atoms with van der Waals surface area (Å²) in [5.41, 5.74) is 2.44. The maximum Gasteiger partial charge on any atom is 0.219 e. The number of amides is 1. The third-order valence-corrected chi connectivity index (χ3v) is 7.37. The number of hydrogen-bond donors (Lipinski definition) is 2. The second-order valence-corrected chi connectivity index (χ2v) is 10.3. The first-order valence-corrected chi connectivity index (χ1v) is 13.7.